The Kier molecular flexibility index (Phi) is 5.23. The van der Waals surface area contributed by atoms with Gasteiger partial charge in [0.05, 0.1) is 21.4 Å². The molecule has 1 atom stereocenters. The summed E-state index contributed by atoms with van der Waals surface area (Å²) in [6, 6.07) is 3.70. The number of benzene rings is 1. The van der Waals surface area contributed by atoms with Crippen LogP contribution < -0.4 is 4.74 Å². The average molecular weight is 445 g/mol. The number of thiophene rings is 1. The van der Waals surface area contributed by atoms with Crippen molar-refractivity contribution >= 4 is 66.4 Å². The molecule has 0 saturated heterocycles. The van der Waals surface area contributed by atoms with Gasteiger partial charge in [-0.3, -0.25) is 0 Å². The number of rotatable bonds is 3. The predicted molar refractivity (Wildman–Crippen MR) is 90.5 cm³/mol. The molecule has 0 aliphatic heterocycles. The lowest BCUT2D eigenvalue weighted by molar-refractivity contribution is 0.408. The number of methoxy groups -OCH3 is 1. The van der Waals surface area contributed by atoms with Crippen molar-refractivity contribution in [1.82, 2.24) is 0 Å². The Hall–Kier alpha value is 0.260. The van der Waals surface area contributed by atoms with Crippen molar-refractivity contribution < 1.29 is 4.74 Å². The molecule has 6 heteroatoms. The number of ether oxygens (including phenoxy) is 1. The first-order chi connectivity index (χ1) is 8.95. The Morgan fingerprint density at radius 1 is 1.32 bits per heavy atom. The van der Waals surface area contributed by atoms with E-state index in [4.69, 9.17) is 27.9 Å². The van der Waals surface area contributed by atoms with Crippen LogP contribution >= 0.6 is 66.4 Å². The van der Waals surface area contributed by atoms with Crippen molar-refractivity contribution in [2.45, 2.75) is 11.8 Å². The molecule has 2 rings (SSSR count). The zero-order valence-electron chi connectivity index (χ0n) is 10.1. The summed E-state index contributed by atoms with van der Waals surface area (Å²) in [5.74, 6) is 0.758. The lowest BCUT2D eigenvalue weighted by atomic mass is 10.1. The molecule has 1 unspecified atom stereocenters. The van der Waals surface area contributed by atoms with Gasteiger partial charge in [-0.25, -0.2) is 0 Å². The maximum Gasteiger partial charge on any atom is 0.137 e. The minimum absolute atomic E-state index is 0.0522. The summed E-state index contributed by atoms with van der Waals surface area (Å²) >= 11 is 21.2. The SMILES string of the molecule is COc1c(Br)cc(Cl)cc1C(Br)c1scc(C)c1Cl. The van der Waals surface area contributed by atoms with Gasteiger partial charge < -0.3 is 4.74 Å². The van der Waals surface area contributed by atoms with Gasteiger partial charge in [-0.05, 0) is 45.9 Å². The molecule has 19 heavy (non-hydrogen) atoms. The van der Waals surface area contributed by atoms with Crippen molar-refractivity contribution in [3.63, 3.8) is 0 Å². The zero-order valence-corrected chi connectivity index (χ0v) is 15.6. The molecule has 0 bridgehead atoms. The number of hydrogen-bond acceptors (Lipinski definition) is 2. The maximum absolute atomic E-state index is 6.32. The lowest BCUT2D eigenvalue weighted by Crippen LogP contribution is -1.97. The van der Waals surface area contributed by atoms with E-state index < -0.39 is 0 Å². The highest BCUT2D eigenvalue weighted by Gasteiger charge is 2.22. The van der Waals surface area contributed by atoms with E-state index in [0.717, 1.165) is 31.2 Å². The van der Waals surface area contributed by atoms with Crippen LogP contribution in [0, 0.1) is 6.92 Å². The van der Waals surface area contributed by atoms with Crippen LogP contribution in [0.25, 0.3) is 0 Å². The van der Waals surface area contributed by atoms with Crippen LogP contribution in [0.4, 0.5) is 0 Å². The van der Waals surface area contributed by atoms with E-state index in [1.54, 1.807) is 18.4 Å². The molecule has 1 nitrogen and oxygen atoms in total. The molecular formula is C13H10Br2Cl2OS. The van der Waals surface area contributed by atoms with Gasteiger partial charge in [-0.2, -0.15) is 0 Å². The van der Waals surface area contributed by atoms with Crippen molar-refractivity contribution in [3.8, 4) is 5.75 Å². The molecular weight excluding hydrogens is 435 g/mol. The summed E-state index contributed by atoms with van der Waals surface area (Å²) in [4.78, 5) is 0.996. The fourth-order valence-corrected chi connectivity index (χ4v) is 5.06. The molecule has 0 fully saturated rings. The third kappa shape index (κ3) is 3.13. The topological polar surface area (TPSA) is 9.23 Å². The van der Waals surface area contributed by atoms with Gasteiger partial charge in [0.1, 0.15) is 5.75 Å². The molecule has 1 aromatic heterocycles. The zero-order chi connectivity index (χ0) is 14.2. The summed E-state index contributed by atoms with van der Waals surface area (Å²) in [6.45, 7) is 1.99. The van der Waals surface area contributed by atoms with Gasteiger partial charge in [0, 0.05) is 15.5 Å². The quantitative estimate of drug-likeness (QED) is 0.483. The van der Waals surface area contributed by atoms with Gasteiger partial charge in [-0.15, -0.1) is 11.3 Å². The summed E-state index contributed by atoms with van der Waals surface area (Å²) in [5, 5.41) is 3.47. The normalized spacial score (nSPS) is 12.5. The maximum atomic E-state index is 6.32. The summed E-state index contributed by atoms with van der Waals surface area (Å²) < 4.78 is 6.27. The second-order valence-corrected chi connectivity index (χ2v) is 7.47. The number of alkyl halides is 1. The molecule has 0 N–H and O–H groups in total. The largest absolute Gasteiger partial charge is 0.495 e. The molecule has 1 heterocycles. The molecule has 0 radical (unpaired) electrons. The van der Waals surface area contributed by atoms with Crippen LogP contribution in [0.5, 0.6) is 5.75 Å². The minimum Gasteiger partial charge on any atom is -0.495 e. The van der Waals surface area contributed by atoms with E-state index in [1.807, 2.05) is 24.4 Å². The molecule has 102 valence electrons. The van der Waals surface area contributed by atoms with Crippen LogP contribution in [0.3, 0.4) is 0 Å². The molecule has 0 aliphatic rings. The second kappa shape index (κ2) is 6.35. The summed E-state index contributed by atoms with van der Waals surface area (Å²) in [6.07, 6.45) is 0. The Morgan fingerprint density at radius 2 is 2.00 bits per heavy atom. The number of aryl methyl sites for hydroxylation is 1. The van der Waals surface area contributed by atoms with E-state index in [2.05, 4.69) is 31.9 Å². The third-order valence-corrected chi connectivity index (χ3v) is 6.51. The van der Waals surface area contributed by atoms with Crippen molar-refractivity contribution in [2.75, 3.05) is 7.11 Å². The van der Waals surface area contributed by atoms with Crippen LogP contribution in [-0.4, -0.2) is 7.11 Å². The van der Waals surface area contributed by atoms with Crippen LogP contribution in [0.1, 0.15) is 20.8 Å². The van der Waals surface area contributed by atoms with E-state index in [0.29, 0.717) is 5.02 Å². The van der Waals surface area contributed by atoms with Crippen LogP contribution in [-0.2, 0) is 0 Å². The van der Waals surface area contributed by atoms with Crippen molar-refractivity contribution in [2.24, 2.45) is 0 Å². The summed E-state index contributed by atoms with van der Waals surface area (Å²) in [5.41, 5.74) is 2.02. The Morgan fingerprint density at radius 3 is 2.53 bits per heavy atom. The standard InChI is InChI=1S/C13H10Br2Cl2OS/c1-6-5-19-13(11(6)17)10(15)8-3-7(16)4-9(14)12(8)18-2/h3-5,10H,1-2H3. The van der Waals surface area contributed by atoms with Gasteiger partial charge in [-0.1, -0.05) is 39.1 Å². The van der Waals surface area contributed by atoms with Gasteiger partial charge in [0.2, 0.25) is 0 Å². The lowest BCUT2D eigenvalue weighted by Gasteiger charge is -2.16. The van der Waals surface area contributed by atoms with E-state index in [9.17, 15) is 0 Å². The molecule has 2 aromatic rings. The Balaban J connectivity index is 2.55. The summed E-state index contributed by atoms with van der Waals surface area (Å²) in [7, 11) is 1.64. The van der Waals surface area contributed by atoms with E-state index in [1.165, 1.54) is 0 Å². The van der Waals surface area contributed by atoms with E-state index >= 15 is 0 Å². The fraction of sp³-hybridized carbons (Fsp3) is 0.231. The van der Waals surface area contributed by atoms with Gasteiger partial charge in [0.25, 0.3) is 0 Å². The van der Waals surface area contributed by atoms with Gasteiger partial charge >= 0.3 is 0 Å². The highest BCUT2D eigenvalue weighted by Crippen LogP contribution is 2.46. The Labute approximate surface area is 143 Å². The van der Waals surface area contributed by atoms with Crippen LogP contribution in [0.15, 0.2) is 22.0 Å². The monoisotopic (exact) mass is 442 g/mol. The molecule has 0 saturated carbocycles. The number of halogens is 4. The van der Waals surface area contributed by atoms with Crippen molar-refractivity contribution in [3.05, 3.63) is 48.0 Å². The third-order valence-electron chi connectivity index (χ3n) is 2.67. The fourth-order valence-electron chi connectivity index (χ4n) is 1.75. The second-order valence-electron chi connectivity index (χ2n) is 3.97. The highest BCUT2D eigenvalue weighted by atomic mass is 79.9. The molecule has 0 aliphatic carbocycles. The molecule has 0 spiro atoms. The highest BCUT2D eigenvalue weighted by molar-refractivity contribution is 9.10. The molecule has 0 amide bonds. The predicted octanol–water partition coefficient (Wildman–Crippen LogP) is 6.62. The minimum atomic E-state index is -0.0522. The first-order valence-electron chi connectivity index (χ1n) is 5.36. The van der Waals surface area contributed by atoms with Gasteiger partial charge in [0.15, 0.2) is 0 Å². The first kappa shape index (κ1) is 15.6. The first-order valence-corrected chi connectivity index (χ1v) is 8.70. The van der Waals surface area contributed by atoms with E-state index in [-0.39, 0.29) is 4.83 Å². The van der Waals surface area contributed by atoms with Crippen LogP contribution in [0.2, 0.25) is 10.0 Å². The smallest absolute Gasteiger partial charge is 0.137 e. The molecule has 1 aromatic carbocycles. The van der Waals surface area contributed by atoms with Crippen molar-refractivity contribution in [1.29, 1.82) is 0 Å². The number of hydrogen-bond donors (Lipinski definition) is 0. The average Bonchev–Trinajstić information content (AvgIpc) is 2.68. The Bertz CT molecular complexity index is 613.